The van der Waals surface area contributed by atoms with Crippen molar-refractivity contribution in [3.8, 4) is 17.1 Å². The van der Waals surface area contributed by atoms with Crippen LogP contribution in [0.15, 0.2) is 59.1 Å². The Morgan fingerprint density at radius 1 is 0.923 bits per heavy atom. The van der Waals surface area contributed by atoms with Crippen LogP contribution in [0.1, 0.15) is 16.7 Å². The van der Waals surface area contributed by atoms with Crippen molar-refractivity contribution in [1.29, 1.82) is 0 Å². The summed E-state index contributed by atoms with van der Waals surface area (Å²) in [5.74, 6) is 0.918. The molecule has 0 saturated carbocycles. The standard InChI is InChI=1S/C22H18BrClN2/c1-13-11-14(2)20(15(3)12-13)22-25-17-8-4-5-9-18(17)26(22)19-10-6-7-16(23)21(19)24/h4-12H,1-3H3. The minimum atomic E-state index is 0.680. The highest BCUT2D eigenvalue weighted by Gasteiger charge is 2.19. The number of nitrogens with zero attached hydrogens (tertiary/aromatic N) is 2. The van der Waals surface area contributed by atoms with Crippen LogP contribution in [0.4, 0.5) is 0 Å². The molecule has 1 heterocycles. The van der Waals surface area contributed by atoms with Crippen LogP contribution in [0, 0.1) is 20.8 Å². The molecule has 0 spiro atoms. The van der Waals surface area contributed by atoms with Crippen LogP contribution in [0.3, 0.4) is 0 Å². The van der Waals surface area contributed by atoms with Crippen molar-refractivity contribution < 1.29 is 0 Å². The molecule has 26 heavy (non-hydrogen) atoms. The Labute approximate surface area is 166 Å². The van der Waals surface area contributed by atoms with Crippen molar-refractivity contribution in [2.75, 3.05) is 0 Å². The van der Waals surface area contributed by atoms with Gasteiger partial charge >= 0.3 is 0 Å². The second-order valence-corrected chi connectivity index (χ2v) is 7.84. The number of aryl methyl sites for hydroxylation is 3. The number of benzene rings is 3. The van der Waals surface area contributed by atoms with Crippen LogP contribution in [0.5, 0.6) is 0 Å². The van der Waals surface area contributed by atoms with Crippen molar-refractivity contribution in [3.63, 3.8) is 0 Å². The molecule has 0 amide bonds. The number of fused-ring (bicyclic) bond motifs is 1. The summed E-state index contributed by atoms with van der Waals surface area (Å²) in [5, 5.41) is 0.680. The number of para-hydroxylation sites is 2. The first-order chi connectivity index (χ1) is 12.5. The first-order valence-corrected chi connectivity index (χ1v) is 9.64. The maximum absolute atomic E-state index is 6.65. The molecule has 0 bridgehead atoms. The molecule has 4 rings (SSSR count). The molecule has 3 aromatic carbocycles. The number of aromatic nitrogens is 2. The van der Waals surface area contributed by atoms with Crippen molar-refractivity contribution in [3.05, 3.63) is 80.8 Å². The zero-order chi connectivity index (χ0) is 18.4. The summed E-state index contributed by atoms with van der Waals surface area (Å²) in [6, 6.07) is 18.6. The number of halogens is 2. The topological polar surface area (TPSA) is 17.8 Å². The van der Waals surface area contributed by atoms with E-state index >= 15 is 0 Å². The summed E-state index contributed by atoms with van der Waals surface area (Å²) in [5.41, 5.74) is 7.76. The second kappa shape index (κ2) is 6.57. The van der Waals surface area contributed by atoms with Gasteiger partial charge in [-0.25, -0.2) is 4.98 Å². The Bertz CT molecular complexity index is 1120. The number of rotatable bonds is 2. The molecule has 130 valence electrons. The number of imidazole rings is 1. The van der Waals surface area contributed by atoms with E-state index < -0.39 is 0 Å². The summed E-state index contributed by atoms with van der Waals surface area (Å²) >= 11 is 10.2. The first kappa shape index (κ1) is 17.3. The van der Waals surface area contributed by atoms with Crippen molar-refractivity contribution in [1.82, 2.24) is 9.55 Å². The maximum atomic E-state index is 6.65. The minimum Gasteiger partial charge on any atom is -0.291 e. The molecule has 4 heteroatoms. The summed E-state index contributed by atoms with van der Waals surface area (Å²) < 4.78 is 3.03. The first-order valence-electron chi connectivity index (χ1n) is 8.47. The predicted molar refractivity (Wildman–Crippen MR) is 113 cm³/mol. The lowest BCUT2D eigenvalue weighted by atomic mass is 9.99. The van der Waals surface area contributed by atoms with Gasteiger partial charge in [-0.2, -0.15) is 0 Å². The highest BCUT2D eigenvalue weighted by molar-refractivity contribution is 9.10. The fourth-order valence-electron chi connectivity index (χ4n) is 3.64. The van der Waals surface area contributed by atoms with Crippen LogP contribution in [0.2, 0.25) is 5.02 Å². The third-order valence-electron chi connectivity index (χ3n) is 4.63. The molecule has 2 nitrogen and oxygen atoms in total. The fraction of sp³-hybridized carbons (Fsp3) is 0.136. The molecule has 0 aliphatic carbocycles. The molecule has 0 atom stereocenters. The molecule has 4 aromatic rings. The molecule has 1 aromatic heterocycles. The van der Waals surface area contributed by atoms with E-state index in [0.29, 0.717) is 5.02 Å². The molecule has 0 unspecified atom stereocenters. The SMILES string of the molecule is Cc1cc(C)c(-c2nc3ccccc3n2-c2cccc(Br)c2Cl)c(C)c1. The third kappa shape index (κ3) is 2.76. The Morgan fingerprint density at radius 2 is 1.62 bits per heavy atom. The number of hydrogen-bond acceptors (Lipinski definition) is 1. The van der Waals surface area contributed by atoms with Crippen molar-refractivity contribution in [2.24, 2.45) is 0 Å². The zero-order valence-electron chi connectivity index (χ0n) is 14.8. The van der Waals surface area contributed by atoms with E-state index in [9.17, 15) is 0 Å². The van der Waals surface area contributed by atoms with Crippen molar-refractivity contribution in [2.45, 2.75) is 20.8 Å². The van der Waals surface area contributed by atoms with E-state index in [-0.39, 0.29) is 0 Å². The lowest BCUT2D eigenvalue weighted by Gasteiger charge is -2.16. The largest absolute Gasteiger partial charge is 0.291 e. The highest BCUT2D eigenvalue weighted by atomic mass is 79.9. The minimum absolute atomic E-state index is 0.680. The Kier molecular flexibility index (Phi) is 4.37. The second-order valence-electron chi connectivity index (χ2n) is 6.61. The lowest BCUT2D eigenvalue weighted by molar-refractivity contribution is 1.09. The molecular weight excluding hydrogens is 408 g/mol. The van der Waals surface area contributed by atoms with E-state index in [1.54, 1.807) is 0 Å². The van der Waals surface area contributed by atoms with Gasteiger partial charge < -0.3 is 0 Å². The molecule has 0 N–H and O–H groups in total. The van der Waals surface area contributed by atoms with Crippen molar-refractivity contribution >= 4 is 38.6 Å². The lowest BCUT2D eigenvalue weighted by Crippen LogP contribution is -2.01. The summed E-state index contributed by atoms with van der Waals surface area (Å²) in [4.78, 5) is 4.97. The summed E-state index contributed by atoms with van der Waals surface area (Å²) in [6.45, 7) is 6.40. The quantitative estimate of drug-likeness (QED) is 0.337. The Hall–Kier alpha value is -2.10. The molecule has 0 saturated heterocycles. The van der Waals surface area contributed by atoms with Gasteiger partial charge in [0.25, 0.3) is 0 Å². The van der Waals surface area contributed by atoms with E-state index in [0.717, 1.165) is 32.6 Å². The normalized spacial score (nSPS) is 11.3. The van der Waals surface area contributed by atoms with Gasteiger partial charge in [0.1, 0.15) is 5.82 Å². The van der Waals surface area contributed by atoms with Crippen LogP contribution < -0.4 is 0 Å². The van der Waals surface area contributed by atoms with Gasteiger partial charge in [0.2, 0.25) is 0 Å². The number of hydrogen-bond donors (Lipinski definition) is 0. The molecule has 0 aliphatic rings. The Morgan fingerprint density at radius 3 is 2.35 bits per heavy atom. The summed E-state index contributed by atoms with van der Waals surface area (Å²) in [6.07, 6.45) is 0. The van der Waals surface area contributed by atoms with E-state index in [1.807, 2.05) is 36.4 Å². The molecule has 0 fully saturated rings. The van der Waals surface area contributed by atoms with Crippen LogP contribution >= 0.6 is 27.5 Å². The zero-order valence-corrected chi connectivity index (χ0v) is 17.2. The van der Waals surface area contributed by atoms with Gasteiger partial charge in [0.15, 0.2) is 0 Å². The molecular formula is C22H18BrClN2. The van der Waals surface area contributed by atoms with E-state index in [4.69, 9.17) is 16.6 Å². The average Bonchev–Trinajstić information content (AvgIpc) is 2.95. The Balaban J connectivity index is 2.14. The van der Waals surface area contributed by atoms with Gasteiger partial charge in [-0.15, -0.1) is 0 Å². The fourth-order valence-corrected chi connectivity index (χ4v) is 4.20. The van der Waals surface area contributed by atoms with E-state index in [2.05, 4.69) is 59.5 Å². The third-order valence-corrected chi connectivity index (χ3v) is 5.92. The predicted octanol–water partition coefficient (Wildman–Crippen LogP) is 7.03. The van der Waals surface area contributed by atoms with Crippen LogP contribution in [0.25, 0.3) is 28.1 Å². The highest BCUT2D eigenvalue weighted by Crippen LogP contribution is 2.37. The average molecular weight is 426 g/mol. The smallest absolute Gasteiger partial charge is 0.146 e. The van der Waals surface area contributed by atoms with Gasteiger partial charge in [-0.1, -0.05) is 47.5 Å². The van der Waals surface area contributed by atoms with Gasteiger partial charge in [0, 0.05) is 10.0 Å². The molecule has 0 aliphatic heterocycles. The summed E-state index contributed by atoms with van der Waals surface area (Å²) in [7, 11) is 0. The monoisotopic (exact) mass is 424 g/mol. The van der Waals surface area contributed by atoms with Crippen LogP contribution in [-0.4, -0.2) is 9.55 Å². The van der Waals surface area contributed by atoms with Gasteiger partial charge in [0.05, 0.1) is 21.7 Å². The maximum Gasteiger partial charge on any atom is 0.146 e. The van der Waals surface area contributed by atoms with Gasteiger partial charge in [-0.05, 0) is 72.1 Å². The molecule has 0 radical (unpaired) electrons. The van der Waals surface area contributed by atoms with Crippen LogP contribution in [-0.2, 0) is 0 Å². The van der Waals surface area contributed by atoms with E-state index in [1.165, 1.54) is 16.7 Å². The van der Waals surface area contributed by atoms with Gasteiger partial charge in [-0.3, -0.25) is 4.57 Å².